The van der Waals surface area contributed by atoms with E-state index in [0.717, 1.165) is 11.1 Å². The monoisotopic (exact) mass is 430 g/mol. The van der Waals surface area contributed by atoms with Gasteiger partial charge in [-0.3, -0.25) is 19.1 Å². The number of pyridine rings is 1. The first kappa shape index (κ1) is 21.0. The number of carbonyl (C=O) groups excluding carboxylic acids is 1. The number of aromatic nitrogens is 3. The van der Waals surface area contributed by atoms with Crippen LogP contribution in [-0.2, 0) is 11.3 Å². The number of nitrogens with zero attached hydrogens (tertiary/aromatic N) is 2. The second kappa shape index (κ2) is 8.89. The fourth-order valence-corrected chi connectivity index (χ4v) is 3.40. The number of nitrogens with one attached hydrogen (secondary N) is 2. The van der Waals surface area contributed by atoms with Crippen molar-refractivity contribution in [1.29, 1.82) is 0 Å². The van der Waals surface area contributed by atoms with Gasteiger partial charge in [0.25, 0.3) is 5.56 Å². The first-order valence-electron chi connectivity index (χ1n) is 10.1. The van der Waals surface area contributed by atoms with Gasteiger partial charge in [0.15, 0.2) is 0 Å². The molecule has 1 amide bonds. The van der Waals surface area contributed by atoms with Crippen molar-refractivity contribution in [2.24, 2.45) is 0 Å². The minimum atomic E-state index is -0.554. The number of hydrogen-bond donors (Lipinski definition) is 2. The van der Waals surface area contributed by atoms with Gasteiger partial charge in [0.2, 0.25) is 11.8 Å². The third-order valence-electron chi connectivity index (χ3n) is 5.27. The topological polar surface area (TPSA) is 106 Å². The average molecular weight is 430 g/mol. The highest BCUT2D eigenvalue weighted by Crippen LogP contribution is 2.30. The van der Waals surface area contributed by atoms with E-state index in [9.17, 15) is 14.4 Å². The Morgan fingerprint density at radius 3 is 2.72 bits per heavy atom. The number of H-pyrrole nitrogens is 1. The molecule has 0 saturated carbocycles. The van der Waals surface area contributed by atoms with Gasteiger partial charge >= 0.3 is 5.69 Å². The Balaban J connectivity index is 1.52. The molecule has 162 valence electrons. The molecular formula is C24H22N4O4. The summed E-state index contributed by atoms with van der Waals surface area (Å²) in [6.45, 7) is 4.05. The minimum absolute atomic E-state index is 0.0216. The first-order chi connectivity index (χ1) is 15.4. The Morgan fingerprint density at radius 2 is 1.88 bits per heavy atom. The number of amides is 1. The third kappa shape index (κ3) is 4.29. The molecule has 32 heavy (non-hydrogen) atoms. The zero-order valence-corrected chi connectivity index (χ0v) is 17.7. The predicted molar refractivity (Wildman–Crippen MR) is 122 cm³/mol. The lowest BCUT2D eigenvalue weighted by atomic mass is 10.1. The van der Waals surface area contributed by atoms with Crippen molar-refractivity contribution < 1.29 is 9.53 Å². The van der Waals surface area contributed by atoms with Gasteiger partial charge in [0.1, 0.15) is 11.4 Å². The van der Waals surface area contributed by atoms with Crippen LogP contribution in [0.15, 0.2) is 70.4 Å². The fourth-order valence-electron chi connectivity index (χ4n) is 3.40. The molecule has 2 N–H and O–H groups in total. The second-order valence-electron chi connectivity index (χ2n) is 7.38. The number of carbonyl (C=O) groups is 1. The lowest BCUT2D eigenvalue weighted by Gasteiger charge is -2.14. The van der Waals surface area contributed by atoms with Gasteiger partial charge in [-0.2, -0.15) is 0 Å². The number of benzene rings is 2. The fraction of sp³-hybridized carbons (Fsp3) is 0.167. The lowest BCUT2D eigenvalue weighted by molar-refractivity contribution is -0.116. The summed E-state index contributed by atoms with van der Waals surface area (Å²) in [5, 5.41) is 3.19. The van der Waals surface area contributed by atoms with Crippen LogP contribution in [0.4, 0.5) is 5.69 Å². The molecule has 8 heteroatoms. The number of para-hydroxylation sites is 1. The number of rotatable bonds is 6. The van der Waals surface area contributed by atoms with Crippen LogP contribution in [0.1, 0.15) is 17.5 Å². The first-order valence-corrected chi connectivity index (χ1v) is 10.1. The number of anilines is 1. The molecule has 0 saturated heterocycles. The molecule has 0 spiro atoms. The maximum atomic E-state index is 12.6. The molecule has 0 atom stereocenters. The van der Waals surface area contributed by atoms with Crippen LogP contribution in [0.5, 0.6) is 11.6 Å². The molecule has 4 rings (SSSR count). The zero-order valence-electron chi connectivity index (χ0n) is 17.7. The van der Waals surface area contributed by atoms with Gasteiger partial charge in [-0.15, -0.1) is 0 Å². The summed E-state index contributed by atoms with van der Waals surface area (Å²) in [6.07, 6.45) is 1.61. The van der Waals surface area contributed by atoms with Crippen LogP contribution in [0.25, 0.3) is 10.9 Å². The van der Waals surface area contributed by atoms with Crippen molar-refractivity contribution in [3.8, 4) is 11.6 Å². The average Bonchev–Trinajstić information content (AvgIpc) is 2.78. The minimum Gasteiger partial charge on any atom is -0.437 e. The van der Waals surface area contributed by atoms with Gasteiger partial charge in [0.05, 0.1) is 10.9 Å². The normalized spacial score (nSPS) is 10.8. The number of ether oxygens (including phenoxy) is 1. The number of aryl methyl sites for hydroxylation is 2. The van der Waals surface area contributed by atoms with E-state index in [1.54, 1.807) is 42.6 Å². The molecule has 2 aromatic heterocycles. The van der Waals surface area contributed by atoms with E-state index in [4.69, 9.17) is 4.74 Å². The Bertz CT molecular complexity index is 1420. The van der Waals surface area contributed by atoms with Crippen molar-refractivity contribution in [3.63, 3.8) is 0 Å². The smallest absolute Gasteiger partial charge is 0.328 e. The molecule has 8 nitrogen and oxygen atoms in total. The highest BCUT2D eigenvalue weighted by Gasteiger charge is 2.13. The molecule has 2 heterocycles. The Labute approximate surface area is 183 Å². The number of hydrogen-bond acceptors (Lipinski definition) is 5. The quantitative estimate of drug-likeness (QED) is 0.487. The van der Waals surface area contributed by atoms with Crippen molar-refractivity contribution in [1.82, 2.24) is 14.5 Å². The van der Waals surface area contributed by atoms with Gasteiger partial charge in [-0.05, 0) is 55.3 Å². The van der Waals surface area contributed by atoms with E-state index in [2.05, 4.69) is 15.3 Å². The molecule has 0 aliphatic heterocycles. The second-order valence-corrected chi connectivity index (χ2v) is 7.38. The molecule has 2 aromatic carbocycles. The van der Waals surface area contributed by atoms with Crippen LogP contribution in [-0.4, -0.2) is 20.4 Å². The van der Waals surface area contributed by atoms with Gasteiger partial charge < -0.3 is 10.1 Å². The lowest BCUT2D eigenvalue weighted by Crippen LogP contribution is -2.31. The Morgan fingerprint density at radius 1 is 1.06 bits per heavy atom. The summed E-state index contributed by atoms with van der Waals surface area (Å²) < 4.78 is 7.34. The van der Waals surface area contributed by atoms with Crippen LogP contribution >= 0.6 is 0 Å². The van der Waals surface area contributed by atoms with E-state index < -0.39 is 11.2 Å². The van der Waals surface area contributed by atoms with E-state index in [-0.39, 0.29) is 24.8 Å². The van der Waals surface area contributed by atoms with Crippen LogP contribution in [0, 0.1) is 13.8 Å². The third-order valence-corrected chi connectivity index (χ3v) is 5.27. The van der Waals surface area contributed by atoms with E-state index in [1.165, 1.54) is 4.57 Å². The zero-order chi connectivity index (χ0) is 22.7. The van der Waals surface area contributed by atoms with Crippen molar-refractivity contribution in [2.75, 3.05) is 5.32 Å². The summed E-state index contributed by atoms with van der Waals surface area (Å²) in [5.74, 6) is 0.623. The number of aromatic amines is 1. The molecule has 0 fully saturated rings. The summed E-state index contributed by atoms with van der Waals surface area (Å²) in [6, 6.07) is 15.9. The van der Waals surface area contributed by atoms with Crippen LogP contribution in [0.3, 0.4) is 0 Å². The summed E-state index contributed by atoms with van der Waals surface area (Å²) in [4.78, 5) is 43.5. The van der Waals surface area contributed by atoms with Crippen molar-refractivity contribution in [3.05, 3.63) is 92.8 Å². The molecular weight excluding hydrogens is 408 g/mol. The highest BCUT2D eigenvalue weighted by molar-refractivity contribution is 5.92. The highest BCUT2D eigenvalue weighted by atomic mass is 16.5. The van der Waals surface area contributed by atoms with Gasteiger partial charge in [-0.1, -0.05) is 24.3 Å². The van der Waals surface area contributed by atoms with Crippen molar-refractivity contribution in [2.45, 2.75) is 26.8 Å². The number of fused-ring (bicyclic) bond motifs is 1. The summed E-state index contributed by atoms with van der Waals surface area (Å²) in [7, 11) is 0. The summed E-state index contributed by atoms with van der Waals surface area (Å²) in [5.41, 5.74) is 1.98. The van der Waals surface area contributed by atoms with Gasteiger partial charge in [-0.25, -0.2) is 9.78 Å². The maximum absolute atomic E-state index is 12.6. The molecule has 0 aliphatic carbocycles. The molecule has 0 radical (unpaired) electrons. The van der Waals surface area contributed by atoms with Crippen LogP contribution < -0.4 is 21.3 Å². The van der Waals surface area contributed by atoms with E-state index in [0.29, 0.717) is 22.3 Å². The van der Waals surface area contributed by atoms with E-state index in [1.807, 2.05) is 32.0 Å². The van der Waals surface area contributed by atoms with Gasteiger partial charge in [0, 0.05) is 19.2 Å². The SMILES string of the molecule is Cc1cccc(Oc2ncccc2NC(=O)CCn2c(=O)[nH]c(=O)c3ccccc32)c1C. The van der Waals surface area contributed by atoms with Crippen LogP contribution in [0.2, 0.25) is 0 Å². The summed E-state index contributed by atoms with van der Waals surface area (Å²) >= 11 is 0. The Hall–Kier alpha value is -4.20. The molecule has 0 bridgehead atoms. The predicted octanol–water partition coefficient (Wildman–Crippen LogP) is 3.52. The molecule has 4 aromatic rings. The largest absolute Gasteiger partial charge is 0.437 e. The molecule has 0 unspecified atom stereocenters. The Kier molecular flexibility index (Phi) is 5.85. The van der Waals surface area contributed by atoms with Crippen molar-refractivity contribution >= 4 is 22.5 Å². The standard InChI is InChI=1S/C24H22N4O4/c1-15-7-5-11-20(16(15)2)32-23-18(9-6-13-25-23)26-21(29)12-14-28-19-10-4-3-8-17(19)22(30)27-24(28)31/h3-11,13H,12,14H2,1-2H3,(H,26,29)(H,27,30,31). The van der Waals surface area contributed by atoms with E-state index >= 15 is 0 Å². The molecule has 0 aliphatic rings. The maximum Gasteiger partial charge on any atom is 0.328 e.